The Labute approximate surface area is 103 Å². The minimum atomic E-state index is 0.175. The molecule has 0 aliphatic carbocycles. The number of nitrogens with one attached hydrogen (secondary N) is 1. The van der Waals surface area contributed by atoms with Gasteiger partial charge in [0.05, 0.1) is 6.61 Å². The number of aryl methyl sites for hydroxylation is 1. The average molecular weight is 234 g/mol. The van der Waals surface area contributed by atoms with E-state index in [0.717, 1.165) is 19.5 Å². The first-order valence-corrected chi connectivity index (χ1v) is 6.37. The summed E-state index contributed by atoms with van der Waals surface area (Å²) in [5.74, 6) is 0. The predicted octanol–water partition coefficient (Wildman–Crippen LogP) is 1.54. The van der Waals surface area contributed by atoms with Crippen LogP contribution in [0.2, 0.25) is 0 Å². The zero-order valence-electron chi connectivity index (χ0n) is 10.7. The van der Waals surface area contributed by atoms with Gasteiger partial charge in [0, 0.05) is 30.9 Å². The lowest BCUT2D eigenvalue weighted by molar-refractivity contribution is 0.240. The van der Waals surface area contributed by atoms with Crippen molar-refractivity contribution in [1.29, 1.82) is 0 Å². The highest BCUT2D eigenvalue weighted by Crippen LogP contribution is 2.18. The zero-order chi connectivity index (χ0) is 12.3. The van der Waals surface area contributed by atoms with Crippen molar-refractivity contribution in [3.8, 4) is 0 Å². The molecule has 1 aromatic rings. The van der Waals surface area contributed by atoms with E-state index in [1.54, 1.807) is 0 Å². The molecule has 0 saturated carbocycles. The van der Waals surface area contributed by atoms with Crippen LogP contribution >= 0.6 is 0 Å². The maximum absolute atomic E-state index is 9.35. The van der Waals surface area contributed by atoms with Crippen LogP contribution in [0.3, 0.4) is 0 Å². The van der Waals surface area contributed by atoms with E-state index < -0.39 is 0 Å². The van der Waals surface area contributed by atoms with E-state index in [9.17, 15) is 5.11 Å². The van der Waals surface area contributed by atoms with Crippen molar-refractivity contribution in [2.45, 2.75) is 32.4 Å². The van der Waals surface area contributed by atoms with Crippen molar-refractivity contribution < 1.29 is 5.11 Å². The molecule has 3 nitrogen and oxygen atoms in total. The van der Waals surface area contributed by atoms with Crippen LogP contribution in [0, 0.1) is 6.92 Å². The number of hydrogen-bond donors (Lipinski definition) is 2. The van der Waals surface area contributed by atoms with Crippen LogP contribution in [0.5, 0.6) is 0 Å². The van der Waals surface area contributed by atoms with Crippen LogP contribution in [0.25, 0.3) is 0 Å². The van der Waals surface area contributed by atoms with Crippen LogP contribution < -0.4 is 10.2 Å². The molecule has 1 aliphatic heterocycles. The van der Waals surface area contributed by atoms with Gasteiger partial charge in [0.25, 0.3) is 0 Å². The topological polar surface area (TPSA) is 35.5 Å². The molecule has 94 valence electrons. The molecule has 3 heteroatoms. The summed E-state index contributed by atoms with van der Waals surface area (Å²) in [4.78, 5) is 2.36. The van der Waals surface area contributed by atoms with Gasteiger partial charge in [-0.3, -0.25) is 0 Å². The summed E-state index contributed by atoms with van der Waals surface area (Å²) in [5.41, 5.74) is 2.54. The molecular formula is C14H22N2O. The fourth-order valence-electron chi connectivity index (χ4n) is 2.35. The fraction of sp³-hybridized carbons (Fsp3) is 0.571. The molecule has 0 spiro atoms. The number of nitrogens with zero attached hydrogens (tertiary/aromatic N) is 1. The monoisotopic (exact) mass is 234 g/mol. The third kappa shape index (κ3) is 3.20. The first-order valence-electron chi connectivity index (χ1n) is 6.37. The van der Waals surface area contributed by atoms with Crippen LogP contribution in [-0.2, 0) is 0 Å². The first-order chi connectivity index (χ1) is 8.19. The molecule has 1 fully saturated rings. The molecule has 2 atom stereocenters. The quantitative estimate of drug-likeness (QED) is 0.815. The molecular weight excluding hydrogens is 212 g/mol. The zero-order valence-corrected chi connectivity index (χ0v) is 10.7. The van der Waals surface area contributed by atoms with Crippen LogP contribution in [0.1, 0.15) is 18.9 Å². The molecule has 0 bridgehead atoms. The highest BCUT2D eigenvalue weighted by atomic mass is 16.3. The van der Waals surface area contributed by atoms with E-state index in [1.165, 1.54) is 11.3 Å². The van der Waals surface area contributed by atoms with Crippen molar-refractivity contribution in [2.24, 2.45) is 0 Å². The minimum absolute atomic E-state index is 0.175. The molecule has 0 radical (unpaired) electrons. The van der Waals surface area contributed by atoms with Gasteiger partial charge in [-0.2, -0.15) is 0 Å². The van der Waals surface area contributed by atoms with E-state index in [2.05, 4.69) is 48.3 Å². The van der Waals surface area contributed by atoms with Gasteiger partial charge in [-0.15, -0.1) is 0 Å². The maximum atomic E-state index is 9.35. The lowest BCUT2D eigenvalue weighted by atomic mass is 10.2. The van der Waals surface area contributed by atoms with Crippen molar-refractivity contribution in [1.82, 2.24) is 5.32 Å². The number of rotatable bonds is 2. The van der Waals surface area contributed by atoms with Crippen LogP contribution in [0.4, 0.5) is 5.69 Å². The molecule has 1 aromatic carbocycles. The number of aliphatic hydroxyl groups excluding tert-OH is 1. The first kappa shape index (κ1) is 12.4. The van der Waals surface area contributed by atoms with Gasteiger partial charge in [-0.05, 0) is 32.4 Å². The van der Waals surface area contributed by atoms with Crippen molar-refractivity contribution in [3.63, 3.8) is 0 Å². The SMILES string of the molecule is Cc1ccc(N2CCC(C)NC(CO)C2)cc1. The highest BCUT2D eigenvalue weighted by molar-refractivity contribution is 5.47. The minimum Gasteiger partial charge on any atom is -0.395 e. The molecule has 17 heavy (non-hydrogen) atoms. The Morgan fingerprint density at radius 2 is 2.06 bits per heavy atom. The third-order valence-corrected chi connectivity index (χ3v) is 3.41. The van der Waals surface area contributed by atoms with Crippen LogP contribution in [0.15, 0.2) is 24.3 Å². The van der Waals surface area contributed by atoms with Crippen molar-refractivity contribution in [2.75, 3.05) is 24.6 Å². The third-order valence-electron chi connectivity index (χ3n) is 3.41. The van der Waals surface area contributed by atoms with Gasteiger partial charge < -0.3 is 15.3 Å². The molecule has 1 heterocycles. The van der Waals surface area contributed by atoms with E-state index in [4.69, 9.17) is 0 Å². The second kappa shape index (κ2) is 5.52. The van der Waals surface area contributed by atoms with Gasteiger partial charge in [0.15, 0.2) is 0 Å². The summed E-state index contributed by atoms with van der Waals surface area (Å²) in [5, 5.41) is 12.8. The van der Waals surface area contributed by atoms with E-state index in [1.807, 2.05) is 0 Å². The standard InChI is InChI=1S/C14H22N2O/c1-11-3-5-14(6-4-11)16-8-7-12(2)15-13(9-16)10-17/h3-6,12-13,15,17H,7-10H2,1-2H3. The number of anilines is 1. The molecule has 2 N–H and O–H groups in total. The number of hydrogen-bond acceptors (Lipinski definition) is 3. The van der Waals surface area contributed by atoms with Gasteiger partial charge in [0.2, 0.25) is 0 Å². The molecule has 1 saturated heterocycles. The largest absolute Gasteiger partial charge is 0.395 e. The molecule has 1 aliphatic rings. The van der Waals surface area contributed by atoms with Crippen molar-refractivity contribution in [3.05, 3.63) is 29.8 Å². The Bertz CT molecular complexity index is 350. The summed E-state index contributed by atoms with van der Waals surface area (Å²) >= 11 is 0. The van der Waals surface area contributed by atoms with E-state index in [0.29, 0.717) is 6.04 Å². The second-order valence-electron chi connectivity index (χ2n) is 5.02. The van der Waals surface area contributed by atoms with Crippen LogP contribution in [-0.4, -0.2) is 36.9 Å². The van der Waals surface area contributed by atoms with Gasteiger partial charge in [-0.1, -0.05) is 17.7 Å². The summed E-state index contributed by atoms with van der Waals surface area (Å²) in [7, 11) is 0. The van der Waals surface area contributed by atoms with Gasteiger partial charge in [-0.25, -0.2) is 0 Å². The van der Waals surface area contributed by atoms with Crippen molar-refractivity contribution >= 4 is 5.69 Å². The van der Waals surface area contributed by atoms with Gasteiger partial charge in [0.1, 0.15) is 0 Å². The highest BCUT2D eigenvalue weighted by Gasteiger charge is 2.20. The molecule has 2 unspecified atom stereocenters. The van der Waals surface area contributed by atoms with Gasteiger partial charge >= 0.3 is 0 Å². The summed E-state index contributed by atoms with van der Waals surface area (Å²) in [6, 6.07) is 9.27. The van der Waals surface area contributed by atoms with E-state index in [-0.39, 0.29) is 12.6 Å². The lowest BCUT2D eigenvalue weighted by Crippen LogP contribution is -2.42. The summed E-state index contributed by atoms with van der Waals surface area (Å²) < 4.78 is 0. The summed E-state index contributed by atoms with van der Waals surface area (Å²) in [6.07, 6.45) is 1.12. The maximum Gasteiger partial charge on any atom is 0.0602 e. The Morgan fingerprint density at radius 3 is 2.71 bits per heavy atom. The number of benzene rings is 1. The Hall–Kier alpha value is -1.06. The number of aliphatic hydroxyl groups is 1. The average Bonchev–Trinajstić information content (AvgIpc) is 2.52. The second-order valence-corrected chi connectivity index (χ2v) is 5.02. The van der Waals surface area contributed by atoms with E-state index >= 15 is 0 Å². The Morgan fingerprint density at radius 1 is 1.35 bits per heavy atom. The molecule has 2 rings (SSSR count). The normalized spacial score (nSPS) is 25.7. The predicted molar refractivity (Wildman–Crippen MR) is 71.5 cm³/mol. The lowest BCUT2D eigenvalue weighted by Gasteiger charge is -2.25. The molecule has 0 amide bonds. The Balaban J connectivity index is 2.11. The summed E-state index contributed by atoms with van der Waals surface area (Å²) in [6.45, 7) is 6.41. The smallest absolute Gasteiger partial charge is 0.0602 e. The molecule has 0 aromatic heterocycles. The fourth-order valence-corrected chi connectivity index (χ4v) is 2.35. The Kier molecular flexibility index (Phi) is 4.02.